The lowest BCUT2D eigenvalue weighted by Crippen LogP contribution is -2.42. The summed E-state index contributed by atoms with van der Waals surface area (Å²) in [7, 11) is 1.29. The van der Waals surface area contributed by atoms with Crippen LogP contribution in [0.15, 0.2) is 9.59 Å². The van der Waals surface area contributed by atoms with Gasteiger partial charge in [0.2, 0.25) is 5.75 Å². The minimum atomic E-state index is -0.701. The highest BCUT2D eigenvalue weighted by Gasteiger charge is 2.27. The van der Waals surface area contributed by atoms with Gasteiger partial charge in [-0.25, -0.2) is 5.06 Å². The number of anilines is 1. The second kappa shape index (κ2) is 3.18. The number of methoxy groups -OCH3 is 1. The van der Waals surface area contributed by atoms with E-state index in [1.165, 1.54) is 7.11 Å². The molecule has 0 atom stereocenters. The lowest BCUT2D eigenvalue weighted by atomic mass is 10.2. The summed E-state index contributed by atoms with van der Waals surface area (Å²) in [6.45, 7) is 3.38. The Hall–Kier alpha value is -1.36. The second-order valence-corrected chi connectivity index (χ2v) is 2.98. The van der Waals surface area contributed by atoms with E-state index in [-0.39, 0.29) is 17.5 Å². The molecule has 5 nitrogen and oxygen atoms in total. The molecule has 0 amide bonds. The topological polar surface area (TPSA) is 66.8 Å². The van der Waals surface area contributed by atoms with Crippen LogP contribution in [0.5, 0.6) is 5.75 Å². The number of ether oxygens (including phenoxy) is 1. The van der Waals surface area contributed by atoms with Crippen molar-refractivity contribution in [3.8, 4) is 5.75 Å². The molecule has 0 aromatic heterocycles. The fraction of sp³-hybridized carbons (Fsp3) is 0.500. The van der Waals surface area contributed by atoms with E-state index in [4.69, 9.17) is 0 Å². The Labute approximate surface area is 74.8 Å². The summed E-state index contributed by atoms with van der Waals surface area (Å²) >= 11 is 0. The average molecular weight is 185 g/mol. The normalized spacial score (nSPS) is 10.8. The van der Waals surface area contributed by atoms with Crippen LogP contribution in [0.1, 0.15) is 13.8 Å². The number of rotatable bonds is 3. The van der Waals surface area contributed by atoms with Gasteiger partial charge in [0, 0.05) is 0 Å². The molecule has 1 aromatic rings. The third kappa shape index (κ3) is 1.31. The molecular formula is C8H11NO4. The molecule has 0 saturated heterocycles. The fourth-order valence-electron chi connectivity index (χ4n) is 1.01. The summed E-state index contributed by atoms with van der Waals surface area (Å²) in [5.74, 6) is -0.0683. The predicted octanol–water partition coefficient (Wildman–Crippen LogP) is -0.105. The van der Waals surface area contributed by atoms with Gasteiger partial charge in [-0.1, -0.05) is 0 Å². The average Bonchev–Trinajstić information content (AvgIpc) is 2.10. The maximum atomic E-state index is 11.0. The van der Waals surface area contributed by atoms with Crippen LogP contribution in [0.2, 0.25) is 0 Å². The van der Waals surface area contributed by atoms with Crippen molar-refractivity contribution in [3.63, 3.8) is 0 Å². The molecule has 72 valence electrons. The Kier molecular flexibility index (Phi) is 2.38. The first-order chi connectivity index (χ1) is 6.00. The zero-order valence-electron chi connectivity index (χ0n) is 7.70. The molecule has 0 aliphatic heterocycles. The van der Waals surface area contributed by atoms with Crippen molar-refractivity contribution in [1.29, 1.82) is 0 Å². The number of hydrogen-bond donors (Lipinski definition) is 1. The largest absolute Gasteiger partial charge is 0.490 e. The third-order valence-corrected chi connectivity index (χ3v) is 1.76. The smallest absolute Gasteiger partial charge is 0.272 e. The lowest BCUT2D eigenvalue weighted by molar-refractivity contribution is 0.222. The van der Waals surface area contributed by atoms with Gasteiger partial charge in [0.25, 0.3) is 10.9 Å². The standard InChI is InChI=1S/C8H11NO4/c1-4(2)9(12)5-6(10)7(11)8(5)13-3/h4,12H,1-3H3. The maximum absolute atomic E-state index is 11.0. The molecular weight excluding hydrogens is 174 g/mol. The summed E-state index contributed by atoms with van der Waals surface area (Å²) in [5.41, 5.74) is -1.44. The molecule has 1 N–H and O–H groups in total. The Morgan fingerprint density at radius 1 is 1.31 bits per heavy atom. The molecule has 1 rings (SSSR count). The zero-order chi connectivity index (χ0) is 10.2. The van der Waals surface area contributed by atoms with E-state index in [0.29, 0.717) is 0 Å². The van der Waals surface area contributed by atoms with E-state index in [2.05, 4.69) is 4.74 Å². The number of hydrogen-bond acceptors (Lipinski definition) is 5. The van der Waals surface area contributed by atoms with E-state index in [1.807, 2.05) is 0 Å². The first-order valence-corrected chi connectivity index (χ1v) is 3.86. The second-order valence-electron chi connectivity index (χ2n) is 2.98. The van der Waals surface area contributed by atoms with Gasteiger partial charge >= 0.3 is 0 Å². The molecule has 0 aliphatic rings. The summed E-state index contributed by atoms with van der Waals surface area (Å²) in [6.07, 6.45) is 0. The molecule has 1 aromatic carbocycles. The van der Waals surface area contributed by atoms with Crippen molar-refractivity contribution in [1.82, 2.24) is 0 Å². The minimum Gasteiger partial charge on any atom is -0.490 e. The van der Waals surface area contributed by atoms with Crippen molar-refractivity contribution in [2.75, 3.05) is 12.2 Å². The Balaban J connectivity index is 3.10. The van der Waals surface area contributed by atoms with Crippen LogP contribution in [0.4, 0.5) is 5.69 Å². The summed E-state index contributed by atoms with van der Waals surface area (Å²) in [5, 5.41) is 10.1. The zero-order valence-corrected chi connectivity index (χ0v) is 7.70. The van der Waals surface area contributed by atoms with Gasteiger partial charge in [-0.15, -0.1) is 0 Å². The summed E-state index contributed by atoms with van der Waals surface area (Å²) < 4.78 is 4.66. The Morgan fingerprint density at radius 3 is 2.23 bits per heavy atom. The van der Waals surface area contributed by atoms with Gasteiger partial charge in [-0.3, -0.25) is 14.8 Å². The summed E-state index contributed by atoms with van der Waals surface area (Å²) in [6, 6.07) is -0.266. The molecule has 0 radical (unpaired) electrons. The van der Waals surface area contributed by atoms with Crippen molar-refractivity contribution in [3.05, 3.63) is 20.4 Å². The molecule has 5 heteroatoms. The van der Waals surface area contributed by atoms with Gasteiger partial charge in [0.15, 0.2) is 5.69 Å². The van der Waals surface area contributed by atoms with Gasteiger partial charge in [0.1, 0.15) is 0 Å². The fourth-order valence-corrected chi connectivity index (χ4v) is 1.01. The van der Waals surface area contributed by atoms with Gasteiger partial charge in [0.05, 0.1) is 13.2 Å². The quantitative estimate of drug-likeness (QED) is 0.526. The highest BCUT2D eigenvalue weighted by atomic mass is 16.5. The van der Waals surface area contributed by atoms with Gasteiger partial charge in [-0.05, 0) is 13.8 Å². The van der Waals surface area contributed by atoms with Gasteiger partial charge in [-0.2, -0.15) is 0 Å². The monoisotopic (exact) mass is 185 g/mol. The summed E-state index contributed by atoms with van der Waals surface area (Å²) in [4.78, 5) is 21.8. The molecule has 0 spiro atoms. The number of hydroxylamine groups is 1. The minimum absolute atomic E-state index is 0.0532. The maximum Gasteiger partial charge on any atom is 0.272 e. The molecule has 0 heterocycles. The van der Waals surface area contributed by atoms with Crippen LogP contribution in [0.25, 0.3) is 0 Å². The molecule has 0 aliphatic carbocycles. The molecule has 0 unspecified atom stereocenters. The van der Waals surface area contributed by atoms with E-state index in [1.54, 1.807) is 13.8 Å². The van der Waals surface area contributed by atoms with Crippen molar-refractivity contribution >= 4 is 5.69 Å². The van der Waals surface area contributed by atoms with Crippen molar-refractivity contribution < 1.29 is 9.94 Å². The van der Waals surface area contributed by atoms with Crippen LogP contribution < -0.4 is 20.7 Å². The first kappa shape index (κ1) is 9.73. The van der Waals surface area contributed by atoms with E-state index < -0.39 is 10.9 Å². The highest BCUT2D eigenvalue weighted by Crippen LogP contribution is 2.21. The number of nitrogens with zero attached hydrogens (tertiary/aromatic N) is 1. The first-order valence-electron chi connectivity index (χ1n) is 3.86. The Morgan fingerprint density at radius 2 is 1.85 bits per heavy atom. The van der Waals surface area contributed by atoms with E-state index in [9.17, 15) is 14.8 Å². The highest BCUT2D eigenvalue weighted by molar-refractivity contribution is 5.62. The molecule has 13 heavy (non-hydrogen) atoms. The van der Waals surface area contributed by atoms with Crippen molar-refractivity contribution in [2.45, 2.75) is 19.9 Å². The molecule has 0 bridgehead atoms. The van der Waals surface area contributed by atoms with Crippen LogP contribution in [-0.2, 0) is 0 Å². The van der Waals surface area contributed by atoms with Crippen LogP contribution >= 0.6 is 0 Å². The molecule has 0 fully saturated rings. The Bertz CT molecular complexity index is 375. The van der Waals surface area contributed by atoms with Crippen LogP contribution in [0.3, 0.4) is 0 Å². The van der Waals surface area contributed by atoms with Gasteiger partial charge < -0.3 is 4.74 Å². The lowest BCUT2D eigenvalue weighted by Gasteiger charge is -2.23. The van der Waals surface area contributed by atoms with Crippen LogP contribution in [-0.4, -0.2) is 18.4 Å². The van der Waals surface area contributed by atoms with E-state index >= 15 is 0 Å². The third-order valence-electron chi connectivity index (χ3n) is 1.76. The SMILES string of the molecule is COc1c(N(O)C(C)C)c(=O)c1=O. The predicted molar refractivity (Wildman–Crippen MR) is 47.3 cm³/mol. The van der Waals surface area contributed by atoms with Crippen LogP contribution in [0, 0.1) is 0 Å². The molecule has 0 saturated carbocycles. The van der Waals surface area contributed by atoms with E-state index in [0.717, 1.165) is 5.06 Å². The van der Waals surface area contributed by atoms with Crippen molar-refractivity contribution in [2.24, 2.45) is 0 Å².